The summed E-state index contributed by atoms with van der Waals surface area (Å²) in [5, 5.41) is 29.3. The van der Waals surface area contributed by atoms with Crippen LogP contribution in [-0.4, -0.2) is 40.4 Å². The van der Waals surface area contributed by atoms with Crippen LogP contribution in [0.1, 0.15) is 33.1 Å². The van der Waals surface area contributed by atoms with Crippen LogP contribution in [0.2, 0.25) is 0 Å². The average Bonchev–Trinajstić information content (AvgIpc) is 2.83. The van der Waals surface area contributed by atoms with Crippen molar-refractivity contribution in [3.05, 3.63) is 0 Å². The molecule has 0 radical (unpaired) electrons. The molecule has 6 atom stereocenters. The van der Waals surface area contributed by atoms with Crippen molar-refractivity contribution >= 4 is 5.78 Å². The Kier molecular flexibility index (Phi) is 2.34. The van der Waals surface area contributed by atoms with Gasteiger partial charge in [-0.1, -0.05) is 13.8 Å². The van der Waals surface area contributed by atoms with Crippen LogP contribution in [0.4, 0.5) is 0 Å². The Morgan fingerprint density at radius 3 is 2.44 bits per heavy atom. The summed E-state index contributed by atoms with van der Waals surface area (Å²) in [5.41, 5.74) is -1.06. The highest BCUT2D eigenvalue weighted by Crippen LogP contribution is 2.76. The van der Waals surface area contributed by atoms with Crippen LogP contribution < -0.4 is 0 Å². The Morgan fingerprint density at radius 1 is 1.22 bits per heavy atom. The lowest BCUT2D eigenvalue weighted by atomic mass is 9.67. The molecule has 0 aromatic heterocycles. The fourth-order valence-electron chi connectivity index (χ4n) is 4.86. The molecule has 4 heteroatoms. The van der Waals surface area contributed by atoms with Gasteiger partial charge in [0.05, 0.1) is 12.0 Å². The number of aliphatic hydroxyl groups is 3. The second-order valence-corrected chi connectivity index (χ2v) is 7.29. The van der Waals surface area contributed by atoms with Gasteiger partial charge in [0, 0.05) is 6.61 Å². The molecule has 0 aliphatic heterocycles. The van der Waals surface area contributed by atoms with Gasteiger partial charge in [0.15, 0.2) is 5.78 Å². The molecule has 3 rings (SSSR count). The summed E-state index contributed by atoms with van der Waals surface area (Å²) in [6, 6.07) is 0. The zero-order valence-electron chi connectivity index (χ0n) is 11.0. The molecule has 0 aromatic rings. The van der Waals surface area contributed by atoms with Crippen LogP contribution in [0.5, 0.6) is 0 Å². The SMILES string of the molecule is C[C@]1(CO)C[C@@H]2[C@H](O)C(=O)[C@]3(CO)C[C@@]3(C)[C@@H]2C1. The predicted octanol–water partition coefficient (Wildman–Crippen LogP) is 0.343. The van der Waals surface area contributed by atoms with Crippen LogP contribution in [0.3, 0.4) is 0 Å². The molecule has 3 aliphatic carbocycles. The summed E-state index contributed by atoms with van der Waals surface area (Å²) < 4.78 is 0. The van der Waals surface area contributed by atoms with Crippen LogP contribution in [0.15, 0.2) is 0 Å². The van der Waals surface area contributed by atoms with Gasteiger partial charge >= 0.3 is 0 Å². The minimum absolute atomic E-state index is 0.0400. The molecule has 3 aliphatic rings. The van der Waals surface area contributed by atoms with E-state index in [1.165, 1.54) is 0 Å². The molecule has 0 unspecified atom stereocenters. The highest BCUT2D eigenvalue weighted by molar-refractivity contribution is 5.94. The van der Waals surface area contributed by atoms with Gasteiger partial charge in [-0.2, -0.15) is 0 Å². The van der Waals surface area contributed by atoms with Gasteiger partial charge in [0.2, 0.25) is 0 Å². The van der Waals surface area contributed by atoms with Crippen molar-refractivity contribution in [3.8, 4) is 0 Å². The number of hydrogen-bond donors (Lipinski definition) is 3. The first-order valence-corrected chi connectivity index (χ1v) is 6.78. The molecule has 0 amide bonds. The lowest BCUT2D eigenvalue weighted by molar-refractivity contribution is -0.146. The van der Waals surface area contributed by atoms with Gasteiger partial charge in [-0.25, -0.2) is 0 Å². The Labute approximate surface area is 107 Å². The largest absolute Gasteiger partial charge is 0.396 e. The molecule has 0 bridgehead atoms. The van der Waals surface area contributed by atoms with E-state index in [1.54, 1.807) is 0 Å². The van der Waals surface area contributed by atoms with E-state index in [2.05, 4.69) is 6.92 Å². The summed E-state index contributed by atoms with van der Waals surface area (Å²) in [5.74, 6) is 0.0345. The van der Waals surface area contributed by atoms with E-state index in [4.69, 9.17) is 0 Å². The van der Waals surface area contributed by atoms with Gasteiger partial charge in [-0.05, 0) is 41.9 Å². The number of aliphatic hydroxyl groups excluding tert-OH is 3. The highest BCUT2D eigenvalue weighted by atomic mass is 16.3. The lowest BCUT2D eigenvalue weighted by Gasteiger charge is -2.38. The minimum atomic E-state index is -0.953. The second kappa shape index (κ2) is 3.35. The Bertz CT molecular complexity index is 409. The Hall–Kier alpha value is -0.450. The van der Waals surface area contributed by atoms with E-state index in [0.717, 1.165) is 6.42 Å². The maximum Gasteiger partial charge on any atom is 0.170 e. The fraction of sp³-hybridized carbons (Fsp3) is 0.929. The van der Waals surface area contributed by atoms with Gasteiger partial charge in [-0.3, -0.25) is 4.79 Å². The molecule has 0 aromatic carbocycles. The number of carbonyl (C=O) groups excluding carboxylic acids is 1. The smallest absolute Gasteiger partial charge is 0.170 e. The first-order chi connectivity index (χ1) is 8.33. The molecular formula is C14H22O4. The van der Waals surface area contributed by atoms with Gasteiger partial charge in [0.1, 0.15) is 6.10 Å². The van der Waals surface area contributed by atoms with Crippen molar-refractivity contribution in [1.82, 2.24) is 0 Å². The number of carbonyl (C=O) groups is 1. The maximum atomic E-state index is 12.3. The highest BCUT2D eigenvalue weighted by Gasteiger charge is 2.78. The van der Waals surface area contributed by atoms with Crippen molar-refractivity contribution in [2.24, 2.45) is 28.1 Å². The first kappa shape index (κ1) is 12.6. The van der Waals surface area contributed by atoms with E-state index in [-0.39, 0.29) is 41.7 Å². The zero-order valence-corrected chi connectivity index (χ0v) is 11.0. The van der Waals surface area contributed by atoms with E-state index >= 15 is 0 Å². The van der Waals surface area contributed by atoms with Crippen molar-refractivity contribution in [3.63, 3.8) is 0 Å². The van der Waals surface area contributed by atoms with Crippen LogP contribution in [-0.2, 0) is 4.79 Å². The van der Waals surface area contributed by atoms with Crippen LogP contribution in [0.25, 0.3) is 0 Å². The van der Waals surface area contributed by atoms with Crippen LogP contribution >= 0.6 is 0 Å². The molecule has 3 saturated carbocycles. The molecular weight excluding hydrogens is 232 g/mol. The summed E-state index contributed by atoms with van der Waals surface area (Å²) in [6.45, 7) is 4.03. The molecule has 4 nitrogen and oxygen atoms in total. The predicted molar refractivity (Wildman–Crippen MR) is 64.7 cm³/mol. The third kappa shape index (κ3) is 1.19. The van der Waals surface area contributed by atoms with Crippen LogP contribution in [0, 0.1) is 28.1 Å². The molecule has 3 N–H and O–H groups in total. The monoisotopic (exact) mass is 254 g/mol. The summed E-state index contributed by atoms with van der Waals surface area (Å²) in [4.78, 5) is 12.3. The molecule has 0 heterocycles. The number of rotatable bonds is 2. The van der Waals surface area contributed by atoms with Gasteiger partial charge in [-0.15, -0.1) is 0 Å². The molecule has 3 fully saturated rings. The topological polar surface area (TPSA) is 77.8 Å². The molecule has 102 valence electrons. The molecule has 0 saturated heterocycles. The summed E-state index contributed by atoms with van der Waals surface area (Å²) in [7, 11) is 0. The third-order valence-corrected chi connectivity index (χ3v) is 6.21. The van der Waals surface area contributed by atoms with E-state index in [1.807, 2.05) is 6.92 Å². The summed E-state index contributed by atoms with van der Waals surface area (Å²) in [6.07, 6.45) is 1.29. The fourth-order valence-corrected chi connectivity index (χ4v) is 4.86. The van der Waals surface area contributed by atoms with Crippen molar-refractivity contribution < 1.29 is 20.1 Å². The first-order valence-electron chi connectivity index (χ1n) is 6.78. The normalized spacial score (nSPS) is 58.3. The second-order valence-electron chi connectivity index (χ2n) is 7.29. The standard InChI is InChI=1S/C14H22O4/c1-12(6-15)3-8-9(4-12)13(2)5-14(13,7-16)11(18)10(8)17/h8-10,15-17H,3-7H2,1-2H3/t8-,9+,10-,12-,13-,14+/m0/s1. The zero-order chi connectivity index (χ0) is 13.3. The Morgan fingerprint density at radius 2 is 1.89 bits per heavy atom. The average molecular weight is 254 g/mol. The van der Waals surface area contributed by atoms with E-state index in [9.17, 15) is 20.1 Å². The number of hydrogen-bond acceptors (Lipinski definition) is 4. The van der Waals surface area contributed by atoms with Gasteiger partial charge in [0.25, 0.3) is 0 Å². The number of fused-ring (bicyclic) bond motifs is 3. The van der Waals surface area contributed by atoms with E-state index in [0.29, 0.717) is 12.8 Å². The number of Topliss-reactive ketones (excluding diaryl/α,β-unsaturated/α-hetero) is 1. The Balaban J connectivity index is 1.98. The van der Waals surface area contributed by atoms with Gasteiger partial charge < -0.3 is 15.3 Å². The van der Waals surface area contributed by atoms with E-state index < -0.39 is 11.5 Å². The van der Waals surface area contributed by atoms with Crippen molar-refractivity contribution in [1.29, 1.82) is 0 Å². The maximum absolute atomic E-state index is 12.3. The summed E-state index contributed by atoms with van der Waals surface area (Å²) >= 11 is 0. The van der Waals surface area contributed by atoms with Crippen molar-refractivity contribution in [2.45, 2.75) is 39.2 Å². The molecule has 0 spiro atoms. The quantitative estimate of drug-likeness (QED) is 0.664. The minimum Gasteiger partial charge on any atom is -0.396 e. The number of ketones is 1. The third-order valence-electron chi connectivity index (χ3n) is 6.21. The molecule has 18 heavy (non-hydrogen) atoms. The lowest BCUT2D eigenvalue weighted by Crippen LogP contribution is -2.48. The van der Waals surface area contributed by atoms with Crippen molar-refractivity contribution in [2.75, 3.05) is 13.2 Å².